The zero-order chi connectivity index (χ0) is 18.8. The predicted octanol–water partition coefficient (Wildman–Crippen LogP) is 1.97. The molecule has 2 aromatic carbocycles. The summed E-state index contributed by atoms with van der Waals surface area (Å²) in [4.78, 5) is -0.480. The lowest BCUT2D eigenvalue weighted by atomic mass is 10.3. The normalized spacial score (nSPS) is 11.0. The zero-order valence-electron chi connectivity index (χ0n) is 14.1. The standard InChI is InChI=1S/C16H18O8S/c1-21-11-7-15(13(23-3)5-9(11)17)25(19,20)16-8-12(22-2)10(18)6-14(16)24-4/h5-8,17-18H,1-4H3. The molecule has 0 saturated heterocycles. The van der Waals surface area contributed by atoms with Crippen molar-refractivity contribution in [1.82, 2.24) is 0 Å². The fourth-order valence-corrected chi connectivity index (χ4v) is 3.82. The summed E-state index contributed by atoms with van der Waals surface area (Å²) in [6, 6.07) is 4.55. The molecule has 2 N–H and O–H groups in total. The van der Waals surface area contributed by atoms with Gasteiger partial charge in [-0.05, 0) is 0 Å². The van der Waals surface area contributed by atoms with Crippen LogP contribution in [0.2, 0.25) is 0 Å². The molecule has 2 rings (SSSR count). The van der Waals surface area contributed by atoms with Crippen LogP contribution in [-0.4, -0.2) is 47.1 Å². The van der Waals surface area contributed by atoms with Gasteiger partial charge in [0.05, 0.1) is 28.4 Å². The summed E-state index contributed by atoms with van der Waals surface area (Å²) in [7, 11) is 0.978. The summed E-state index contributed by atoms with van der Waals surface area (Å²) >= 11 is 0. The van der Waals surface area contributed by atoms with Crippen molar-refractivity contribution in [3.63, 3.8) is 0 Å². The third kappa shape index (κ3) is 3.22. The first-order chi connectivity index (χ1) is 11.8. The Kier molecular flexibility index (Phi) is 5.17. The Balaban J connectivity index is 2.79. The first-order valence-corrected chi connectivity index (χ1v) is 8.43. The van der Waals surface area contributed by atoms with Crippen molar-refractivity contribution < 1.29 is 37.6 Å². The number of ether oxygens (including phenoxy) is 4. The summed E-state index contributed by atoms with van der Waals surface area (Å²) in [6.45, 7) is 0. The van der Waals surface area contributed by atoms with Crippen molar-refractivity contribution in [2.24, 2.45) is 0 Å². The number of hydrogen-bond acceptors (Lipinski definition) is 8. The quantitative estimate of drug-likeness (QED) is 0.794. The molecular weight excluding hydrogens is 352 g/mol. The molecule has 0 bridgehead atoms. The Hall–Kier alpha value is -2.81. The summed E-state index contributed by atoms with van der Waals surface area (Å²) in [5, 5.41) is 19.6. The molecule has 0 atom stereocenters. The second kappa shape index (κ2) is 6.98. The van der Waals surface area contributed by atoms with Crippen LogP contribution in [0.15, 0.2) is 34.1 Å². The minimum absolute atomic E-state index is 0.0379. The van der Waals surface area contributed by atoms with E-state index >= 15 is 0 Å². The number of methoxy groups -OCH3 is 4. The van der Waals surface area contributed by atoms with E-state index in [0.29, 0.717) is 0 Å². The lowest BCUT2D eigenvalue weighted by molar-refractivity contribution is 0.358. The maximum atomic E-state index is 13.1. The lowest BCUT2D eigenvalue weighted by Crippen LogP contribution is -2.07. The Bertz CT molecular complexity index is 822. The monoisotopic (exact) mass is 370 g/mol. The van der Waals surface area contributed by atoms with Crippen LogP contribution >= 0.6 is 0 Å². The van der Waals surface area contributed by atoms with Crippen LogP contribution in [0.4, 0.5) is 0 Å². The molecule has 8 nitrogen and oxygen atoms in total. The number of benzene rings is 2. The first-order valence-electron chi connectivity index (χ1n) is 6.95. The molecule has 0 aliphatic carbocycles. The van der Waals surface area contributed by atoms with Crippen molar-refractivity contribution in [3.8, 4) is 34.5 Å². The SMILES string of the molecule is COc1cc(S(=O)(=O)c2cc(OC)c(O)cc2OC)c(OC)cc1O. The van der Waals surface area contributed by atoms with Crippen LogP contribution in [0.1, 0.15) is 0 Å². The molecule has 0 radical (unpaired) electrons. The van der Waals surface area contributed by atoms with Gasteiger partial charge in [0, 0.05) is 24.3 Å². The van der Waals surface area contributed by atoms with E-state index in [1.165, 1.54) is 28.4 Å². The molecule has 0 spiro atoms. The highest BCUT2D eigenvalue weighted by molar-refractivity contribution is 7.91. The summed E-state index contributed by atoms with van der Waals surface area (Å²) in [6.07, 6.45) is 0. The summed E-state index contributed by atoms with van der Waals surface area (Å²) in [5.41, 5.74) is 0. The maximum Gasteiger partial charge on any atom is 0.214 e. The van der Waals surface area contributed by atoms with Gasteiger partial charge in [-0.25, -0.2) is 8.42 Å². The zero-order valence-corrected chi connectivity index (χ0v) is 14.9. The van der Waals surface area contributed by atoms with Gasteiger partial charge in [-0.1, -0.05) is 0 Å². The number of hydrogen-bond donors (Lipinski definition) is 2. The predicted molar refractivity (Wildman–Crippen MR) is 87.9 cm³/mol. The second-order valence-electron chi connectivity index (χ2n) is 4.85. The van der Waals surface area contributed by atoms with Gasteiger partial charge in [0.25, 0.3) is 0 Å². The van der Waals surface area contributed by atoms with Gasteiger partial charge in [-0.2, -0.15) is 0 Å². The van der Waals surface area contributed by atoms with Crippen LogP contribution in [0, 0.1) is 0 Å². The minimum Gasteiger partial charge on any atom is -0.504 e. The Morgan fingerprint density at radius 1 is 0.640 bits per heavy atom. The molecule has 2 aromatic rings. The molecule has 0 heterocycles. The first kappa shape index (κ1) is 18.5. The Labute approximate surface area is 145 Å². The molecule has 25 heavy (non-hydrogen) atoms. The van der Waals surface area contributed by atoms with E-state index in [-0.39, 0.29) is 44.3 Å². The summed E-state index contributed by atoms with van der Waals surface area (Å²) < 4.78 is 46.3. The maximum absolute atomic E-state index is 13.1. The fraction of sp³-hybridized carbons (Fsp3) is 0.250. The van der Waals surface area contributed by atoms with Gasteiger partial charge in [-0.3, -0.25) is 0 Å². The molecule has 0 aliphatic rings. The highest BCUT2D eigenvalue weighted by Crippen LogP contribution is 2.43. The molecule has 0 aromatic heterocycles. The second-order valence-corrected chi connectivity index (χ2v) is 6.74. The Morgan fingerprint density at radius 2 is 0.960 bits per heavy atom. The summed E-state index contributed by atoms with van der Waals surface area (Å²) in [5.74, 6) is -0.768. The molecule has 136 valence electrons. The average molecular weight is 370 g/mol. The van der Waals surface area contributed by atoms with E-state index in [4.69, 9.17) is 18.9 Å². The number of rotatable bonds is 6. The third-order valence-corrected chi connectivity index (χ3v) is 5.31. The number of aromatic hydroxyl groups is 2. The van der Waals surface area contributed by atoms with E-state index in [0.717, 1.165) is 24.3 Å². The molecule has 0 unspecified atom stereocenters. The van der Waals surface area contributed by atoms with Crippen molar-refractivity contribution in [2.75, 3.05) is 28.4 Å². The van der Waals surface area contributed by atoms with Gasteiger partial charge in [-0.15, -0.1) is 0 Å². The third-order valence-electron chi connectivity index (χ3n) is 3.51. The van der Waals surface area contributed by atoms with Crippen molar-refractivity contribution in [3.05, 3.63) is 24.3 Å². The van der Waals surface area contributed by atoms with Gasteiger partial charge >= 0.3 is 0 Å². The topological polar surface area (TPSA) is 112 Å². The van der Waals surface area contributed by atoms with Crippen LogP contribution < -0.4 is 18.9 Å². The average Bonchev–Trinajstić information content (AvgIpc) is 2.60. The number of phenolic OH excluding ortho intramolecular Hbond substituents is 2. The van der Waals surface area contributed by atoms with Gasteiger partial charge in [0.1, 0.15) is 21.3 Å². The molecule has 9 heteroatoms. The minimum atomic E-state index is -4.16. The van der Waals surface area contributed by atoms with Gasteiger partial charge in [0.2, 0.25) is 9.84 Å². The number of phenols is 2. The van der Waals surface area contributed by atoms with E-state index in [1.807, 2.05) is 0 Å². The highest BCUT2D eigenvalue weighted by atomic mass is 32.2. The van der Waals surface area contributed by atoms with Crippen LogP contribution in [0.3, 0.4) is 0 Å². The van der Waals surface area contributed by atoms with Crippen molar-refractivity contribution in [2.45, 2.75) is 9.79 Å². The smallest absolute Gasteiger partial charge is 0.214 e. The number of sulfone groups is 1. The molecule has 0 fully saturated rings. The van der Waals surface area contributed by atoms with E-state index in [2.05, 4.69) is 0 Å². The van der Waals surface area contributed by atoms with Crippen LogP contribution in [0.5, 0.6) is 34.5 Å². The van der Waals surface area contributed by atoms with Crippen molar-refractivity contribution in [1.29, 1.82) is 0 Å². The fourth-order valence-electron chi connectivity index (χ4n) is 2.25. The van der Waals surface area contributed by atoms with Crippen LogP contribution in [-0.2, 0) is 9.84 Å². The Morgan fingerprint density at radius 3 is 1.24 bits per heavy atom. The van der Waals surface area contributed by atoms with Crippen LogP contribution in [0.25, 0.3) is 0 Å². The lowest BCUT2D eigenvalue weighted by Gasteiger charge is -2.15. The molecular formula is C16H18O8S. The van der Waals surface area contributed by atoms with Crippen molar-refractivity contribution >= 4 is 9.84 Å². The molecule has 0 amide bonds. The largest absolute Gasteiger partial charge is 0.504 e. The van der Waals surface area contributed by atoms with Gasteiger partial charge < -0.3 is 29.2 Å². The molecule has 0 aliphatic heterocycles. The highest BCUT2D eigenvalue weighted by Gasteiger charge is 2.29. The van der Waals surface area contributed by atoms with E-state index < -0.39 is 9.84 Å². The van der Waals surface area contributed by atoms with Gasteiger partial charge in [0.15, 0.2) is 23.0 Å². The van der Waals surface area contributed by atoms with E-state index in [1.54, 1.807) is 0 Å². The van der Waals surface area contributed by atoms with E-state index in [9.17, 15) is 18.6 Å². The molecule has 0 saturated carbocycles.